The Labute approximate surface area is 102 Å². The summed E-state index contributed by atoms with van der Waals surface area (Å²) in [4.78, 5) is 4.21. The van der Waals surface area contributed by atoms with E-state index in [1.807, 2.05) is 19.4 Å². The Morgan fingerprint density at radius 3 is 3.35 bits per heavy atom. The Balaban J connectivity index is 1.87. The van der Waals surface area contributed by atoms with Crippen LogP contribution in [0.3, 0.4) is 0 Å². The number of aromatic nitrogens is 2. The second-order valence-electron chi connectivity index (χ2n) is 4.13. The number of imidazole rings is 1. The monoisotopic (exact) mass is 239 g/mol. The highest BCUT2D eigenvalue weighted by Crippen LogP contribution is 2.18. The Bertz CT molecular complexity index is 321. The molecular weight excluding hydrogens is 218 g/mol. The third-order valence-corrected chi connectivity index (χ3v) is 2.89. The molecule has 1 aromatic rings. The molecule has 0 amide bonds. The summed E-state index contributed by atoms with van der Waals surface area (Å²) in [7, 11) is 0. The van der Waals surface area contributed by atoms with Gasteiger partial charge in [-0.2, -0.15) is 0 Å². The van der Waals surface area contributed by atoms with Gasteiger partial charge >= 0.3 is 0 Å². The zero-order chi connectivity index (χ0) is 11.9. The number of nitrogens with one attached hydrogen (secondary N) is 1. The summed E-state index contributed by atoms with van der Waals surface area (Å²) in [5.74, 6) is 0. The normalized spacial score (nSPS) is 20.6. The summed E-state index contributed by atoms with van der Waals surface area (Å²) in [6.45, 7) is 7.13. The molecule has 17 heavy (non-hydrogen) atoms. The van der Waals surface area contributed by atoms with Gasteiger partial charge in [0.2, 0.25) is 0 Å². The molecular formula is C12H21N3O2. The van der Waals surface area contributed by atoms with Gasteiger partial charge in [0.15, 0.2) is 0 Å². The van der Waals surface area contributed by atoms with Crippen LogP contribution in [0.25, 0.3) is 0 Å². The largest absolute Gasteiger partial charge is 0.382 e. The number of ether oxygens (including phenoxy) is 2. The van der Waals surface area contributed by atoms with Gasteiger partial charge in [-0.25, -0.2) is 4.98 Å². The van der Waals surface area contributed by atoms with Crippen LogP contribution in [0.4, 0.5) is 0 Å². The molecule has 1 aliphatic heterocycles. The second kappa shape index (κ2) is 6.74. The smallest absolute Gasteiger partial charge is 0.111 e. The van der Waals surface area contributed by atoms with E-state index >= 15 is 0 Å². The lowest BCUT2D eigenvalue weighted by Gasteiger charge is -2.24. The van der Waals surface area contributed by atoms with Crippen molar-refractivity contribution in [3.63, 3.8) is 0 Å². The first-order chi connectivity index (χ1) is 8.42. The molecule has 0 aromatic carbocycles. The third kappa shape index (κ3) is 3.52. The highest BCUT2D eigenvalue weighted by Gasteiger charge is 2.19. The Morgan fingerprint density at radius 1 is 1.65 bits per heavy atom. The average Bonchev–Trinajstić information content (AvgIpc) is 2.84. The fraction of sp³-hybridized carbons (Fsp3) is 0.750. The predicted octanol–water partition coefficient (Wildman–Crippen LogP) is 0.971. The maximum absolute atomic E-state index is 5.74. The summed E-state index contributed by atoms with van der Waals surface area (Å²) >= 11 is 0. The van der Waals surface area contributed by atoms with E-state index in [1.165, 1.54) is 0 Å². The molecule has 0 aliphatic carbocycles. The van der Waals surface area contributed by atoms with Crippen LogP contribution in [0, 0.1) is 0 Å². The highest BCUT2D eigenvalue weighted by atomic mass is 16.5. The SMILES string of the molecule is CCOCCCn1cncc1C1CNCCO1. The molecule has 2 rings (SSSR count). The third-order valence-electron chi connectivity index (χ3n) is 2.89. The maximum Gasteiger partial charge on any atom is 0.111 e. The molecule has 5 heteroatoms. The first kappa shape index (κ1) is 12.5. The average molecular weight is 239 g/mol. The predicted molar refractivity (Wildman–Crippen MR) is 64.9 cm³/mol. The van der Waals surface area contributed by atoms with Gasteiger partial charge < -0.3 is 19.4 Å². The van der Waals surface area contributed by atoms with Crippen molar-refractivity contribution < 1.29 is 9.47 Å². The first-order valence-corrected chi connectivity index (χ1v) is 6.32. The van der Waals surface area contributed by atoms with Gasteiger partial charge in [-0.15, -0.1) is 0 Å². The van der Waals surface area contributed by atoms with E-state index in [-0.39, 0.29) is 6.10 Å². The van der Waals surface area contributed by atoms with Crippen LogP contribution in [0.15, 0.2) is 12.5 Å². The summed E-state index contributed by atoms with van der Waals surface area (Å²) < 4.78 is 13.2. The van der Waals surface area contributed by atoms with E-state index in [0.29, 0.717) is 0 Å². The molecule has 0 saturated carbocycles. The number of rotatable bonds is 6. The molecule has 1 atom stereocenters. The van der Waals surface area contributed by atoms with Crippen LogP contribution in [-0.2, 0) is 16.0 Å². The molecule has 1 N–H and O–H groups in total. The van der Waals surface area contributed by atoms with E-state index in [9.17, 15) is 0 Å². The van der Waals surface area contributed by atoms with Crippen molar-refractivity contribution >= 4 is 0 Å². The second-order valence-corrected chi connectivity index (χ2v) is 4.13. The molecule has 1 fully saturated rings. The van der Waals surface area contributed by atoms with Crippen molar-refractivity contribution in [1.82, 2.24) is 14.9 Å². The van der Waals surface area contributed by atoms with Crippen molar-refractivity contribution in [3.05, 3.63) is 18.2 Å². The van der Waals surface area contributed by atoms with Gasteiger partial charge in [-0.05, 0) is 13.3 Å². The van der Waals surface area contributed by atoms with E-state index < -0.39 is 0 Å². The Hall–Kier alpha value is -0.910. The molecule has 1 aromatic heterocycles. The molecule has 1 unspecified atom stereocenters. The number of nitrogens with zero attached hydrogens (tertiary/aromatic N) is 2. The number of hydrogen-bond acceptors (Lipinski definition) is 4. The van der Waals surface area contributed by atoms with Crippen LogP contribution in [0.5, 0.6) is 0 Å². The lowest BCUT2D eigenvalue weighted by Crippen LogP contribution is -2.34. The Morgan fingerprint density at radius 2 is 2.59 bits per heavy atom. The molecule has 1 saturated heterocycles. The van der Waals surface area contributed by atoms with Crippen LogP contribution in [0.2, 0.25) is 0 Å². The molecule has 2 heterocycles. The van der Waals surface area contributed by atoms with Gasteiger partial charge in [0.1, 0.15) is 6.10 Å². The zero-order valence-corrected chi connectivity index (χ0v) is 10.4. The van der Waals surface area contributed by atoms with Crippen molar-refractivity contribution in [1.29, 1.82) is 0 Å². The maximum atomic E-state index is 5.74. The van der Waals surface area contributed by atoms with Crippen LogP contribution >= 0.6 is 0 Å². The molecule has 96 valence electrons. The van der Waals surface area contributed by atoms with Gasteiger partial charge in [0, 0.05) is 32.8 Å². The van der Waals surface area contributed by atoms with E-state index in [4.69, 9.17) is 9.47 Å². The summed E-state index contributed by atoms with van der Waals surface area (Å²) in [5.41, 5.74) is 1.16. The lowest BCUT2D eigenvalue weighted by atomic mass is 10.2. The standard InChI is InChI=1S/C12H21N3O2/c1-2-16-6-3-5-15-10-14-8-11(15)12-9-13-4-7-17-12/h8,10,12-13H,2-7,9H2,1H3. The van der Waals surface area contributed by atoms with Gasteiger partial charge in [-0.1, -0.05) is 0 Å². The number of aryl methyl sites for hydroxylation is 1. The quantitative estimate of drug-likeness (QED) is 0.752. The first-order valence-electron chi connectivity index (χ1n) is 6.32. The number of morpholine rings is 1. The van der Waals surface area contributed by atoms with E-state index in [0.717, 1.165) is 51.6 Å². The van der Waals surface area contributed by atoms with Crippen molar-refractivity contribution in [2.45, 2.75) is 26.0 Å². The van der Waals surface area contributed by atoms with Gasteiger partial charge in [0.05, 0.1) is 24.8 Å². The summed E-state index contributed by atoms with van der Waals surface area (Å²) in [6, 6.07) is 0. The van der Waals surface area contributed by atoms with Crippen molar-refractivity contribution in [2.75, 3.05) is 32.9 Å². The van der Waals surface area contributed by atoms with Crippen LogP contribution in [0.1, 0.15) is 25.1 Å². The molecule has 0 radical (unpaired) electrons. The van der Waals surface area contributed by atoms with Gasteiger partial charge in [-0.3, -0.25) is 0 Å². The molecule has 1 aliphatic rings. The van der Waals surface area contributed by atoms with E-state index in [1.54, 1.807) is 0 Å². The van der Waals surface area contributed by atoms with Crippen LogP contribution < -0.4 is 5.32 Å². The minimum Gasteiger partial charge on any atom is -0.382 e. The fourth-order valence-electron chi connectivity index (χ4n) is 2.02. The lowest BCUT2D eigenvalue weighted by molar-refractivity contribution is 0.0225. The minimum atomic E-state index is 0.137. The van der Waals surface area contributed by atoms with Gasteiger partial charge in [0.25, 0.3) is 0 Å². The molecule has 0 spiro atoms. The van der Waals surface area contributed by atoms with Crippen molar-refractivity contribution in [2.24, 2.45) is 0 Å². The van der Waals surface area contributed by atoms with E-state index in [2.05, 4.69) is 14.9 Å². The zero-order valence-electron chi connectivity index (χ0n) is 10.4. The fourth-order valence-corrected chi connectivity index (χ4v) is 2.02. The Kier molecular flexibility index (Phi) is 4.97. The highest BCUT2D eigenvalue weighted by molar-refractivity contribution is 5.04. The topological polar surface area (TPSA) is 48.3 Å². The molecule has 0 bridgehead atoms. The van der Waals surface area contributed by atoms with Crippen LogP contribution in [-0.4, -0.2) is 42.5 Å². The summed E-state index contributed by atoms with van der Waals surface area (Å²) in [5, 5.41) is 3.34. The summed E-state index contributed by atoms with van der Waals surface area (Å²) in [6.07, 6.45) is 4.92. The number of hydrogen-bond donors (Lipinski definition) is 1. The van der Waals surface area contributed by atoms with Crippen molar-refractivity contribution in [3.8, 4) is 0 Å². The molecule has 5 nitrogen and oxygen atoms in total. The minimum absolute atomic E-state index is 0.137.